The third-order valence-corrected chi connectivity index (χ3v) is 5.70. The number of anilines is 2. The first-order valence-electron chi connectivity index (χ1n) is 10.2. The lowest BCUT2D eigenvalue weighted by Crippen LogP contribution is -2.43. The van der Waals surface area contributed by atoms with Crippen LogP contribution < -0.4 is 15.6 Å². The molecule has 5 rings (SSSR count). The highest BCUT2D eigenvalue weighted by Gasteiger charge is 2.29. The maximum Gasteiger partial charge on any atom is 0.272 e. The van der Waals surface area contributed by atoms with E-state index in [1.165, 1.54) is 23.6 Å². The Morgan fingerprint density at radius 2 is 1.43 bits per heavy atom. The summed E-state index contributed by atoms with van der Waals surface area (Å²) in [5.74, 6) is 2.03. The van der Waals surface area contributed by atoms with Crippen molar-refractivity contribution in [3.05, 3.63) is 72.8 Å². The second-order valence-electron chi connectivity index (χ2n) is 7.63. The summed E-state index contributed by atoms with van der Waals surface area (Å²) in [6.07, 6.45) is 4.82. The number of pyridine rings is 2. The summed E-state index contributed by atoms with van der Waals surface area (Å²) in [5.41, 5.74) is 2.19. The molecule has 0 aliphatic heterocycles. The van der Waals surface area contributed by atoms with Crippen LogP contribution in [0.3, 0.4) is 0 Å². The molecule has 0 amide bonds. The Morgan fingerprint density at radius 1 is 0.714 bits per heavy atom. The zero-order valence-electron chi connectivity index (χ0n) is 15.9. The Balaban J connectivity index is 1.36. The van der Waals surface area contributed by atoms with Crippen LogP contribution in [0.1, 0.15) is 25.7 Å². The fourth-order valence-electron chi connectivity index (χ4n) is 4.21. The molecule has 140 valence electrons. The monoisotopic (exact) mass is 369 g/mol. The molecule has 0 spiro atoms. The van der Waals surface area contributed by atoms with E-state index in [9.17, 15) is 0 Å². The van der Waals surface area contributed by atoms with Gasteiger partial charge >= 0.3 is 0 Å². The number of H-pyrrole nitrogens is 1. The van der Waals surface area contributed by atoms with E-state index in [-0.39, 0.29) is 0 Å². The summed E-state index contributed by atoms with van der Waals surface area (Å²) in [5, 5.41) is 9.83. The number of rotatable bonds is 4. The average molecular weight is 369 g/mol. The Labute approximate surface area is 165 Å². The molecule has 2 unspecified atom stereocenters. The van der Waals surface area contributed by atoms with Gasteiger partial charge in [0, 0.05) is 16.8 Å². The van der Waals surface area contributed by atoms with Crippen molar-refractivity contribution in [1.82, 2.24) is 4.98 Å². The molecular weight excluding hydrogens is 344 g/mol. The first-order chi connectivity index (χ1) is 13.8. The maximum atomic E-state index is 4.81. The normalized spacial score (nSPS) is 19.6. The maximum absolute atomic E-state index is 4.81. The molecule has 0 saturated heterocycles. The van der Waals surface area contributed by atoms with Crippen molar-refractivity contribution < 1.29 is 4.98 Å². The smallest absolute Gasteiger partial charge is 0.272 e. The second-order valence-corrected chi connectivity index (χ2v) is 7.63. The minimum atomic E-state index is 0.363. The van der Waals surface area contributed by atoms with Crippen LogP contribution >= 0.6 is 0 Å². The summed E-state index contributed by atoms with van der Waals surface area (Å²) in [6, 6.07) is 25.9. The van der Waals surface area contributed by atoms with E-state index in [1.807, 2.05) is 6.07 Å². The van der Waals surface area contributed by atoms with Crippen molar-refractivity contribution in [2.45, 2.75) is 37.8 Å². The third kappa shape index (κ3) is 3.50. The number of hydrogen-bond donors (Lipinski definition) is 2. The number of nitrogens with one attached hydrogen (secondary N) is 3. The van der Waals surface area contributed by atoms with Crippen molar-refractivity contribution in [2.75, 3.05) is 10.6 Å². The molecular formula is C24H25N4+. The van der Waals surface area contributed by atoms with Crippen LogP contribution in [0.25, 0.3) is 21.8 Å². The van der Waals surface area contributed by atoms with Crippen LogP contribution in [0, 0.1) is 0 Å². The largest absolute Gasteiger partial charge is 0.363 e. The van der Waals surface area contributed by atoms with Crippen LogP contribution in [-0.4, -0.2) is 17.1 Å². The number of benzene rings is 2. The Bertz CT molecular complexity index is 1020. The van der Waals surface area contributed by atoms with Gasteiger partial charge in [-0.25, -0.2) is 9.97 Å². The van der Waals surface area contributed by atoms with Gasteiger partial charge in [0.2, 0.25) is 0 Å². The molecule has 1 aliphatic carbocycles. The van der Waals surface area contributed by atoms with Gasteiger partial charge in [-0.05, 0) is 49.6 Å². The van der Waals surface area contributed by atoms with Gasteiger partial charge in [0.15, 0.2) is 0 Å². The topological polar surface area (TPSA) is 51.1 Å². The van der Waals surface area contributed by atoms with E-state index in [1.54, 1.807) is 0 Å². The molecule has 2 atom stereocenters. The van der Waals surface area contributed by atoms with Crippen LogP contribution in [0.2, 0.25) is 0 Å². The fraction of sp³-hybridized carbons (Fsp3) is 0.250. The standard InChI is InChI=1S/C24H24N4/c1-3-9-19-17(7-1)13-15-23(25-19)27-21-11-5-6-12-22(21)28-24-16-14-18-8-2-4-10-20(18)26-24/h1-4,7-10,13-16,21-22H,5-6,11-12H2,(H,25,27)(H,26,28)/p+1. The van der Waals surface area contributed by atoms with Crippen molar-refractivity contribution in [2.24, 2.45) is 0 Å². The minimum absolute atomic E-state index is 0.363. The van der Waals surface area contributed by atoms with Gasteiger partial charge in [0.25, 0.3) is 5.82 Å². The number of aromatic nitrogens is 2. The van der Waals surface area contributed by atoms with Gasteiger partial charge in [0.05, 0.1) is 11.6 Å². The van der Waals surface area contributed by atoms with E-state index in [4.69, 9.17) is 4.98 Å². The minimum Gasteiger partial charge on any atom is -0.363 e. The van der Waals surface area contributed by atoms with Gasteiger partial charge in [0.1, 0.15) is 17.4 Å². The first-order valence-corrected chi connectivity index (χ1v) is 10.2. The molecule has 4 heteroatoms. The van der Waals surface area contributed by atoms with Crippen LogP contribution in [-0.2, 0) is 0 Å². The molecule has 2 aromatic carbocycles. The lowest BCUT2D eigenvalue weighted by Gasteiger charge is -2.30. The fourth-order valence-corrected chi connectivity index (χ4v) is 4.21. The zero-order valence-corrected chi connectivity index (χ0v) is 15.9. The molecule has 0 radical (unpaired) electrons. The Kier molecular flexibility index (Phi) is 4.53. The predicted molar refractivity (Wildman–Crippen MR) is 116 cm³/mol. The van der Waals surface area contributed by atoms with E-state index >= 15 is 0 Å². The molecule has 28 heavy (non-hydrogen) atoms. The molecule has 4 aromatic rings. The molecule has 2 aromatic heterocycles. The number of fused-ring (bicyclic) bond motifs is 2. The number of hydrogen-bond acceptors (Lipinski definition) is 3. The Hall–Kier alpha value is -3.14. The van der Waals surface area contributed by atoms with Crippen molar-refractivity contribution in [3.8, 4) is 0 Å². The molecule has 3 N–H and O–H groups in total. The quantitative estimate of drug-likeness (QED) is 0.530. The third-order valence-electron chi connectivity index (χ3n) is 5.70. The summed E-state index contributed by atoms with van der Waals surface area (Å²) in [4.78, 5) is 8.33. The summed E-state index contributed by atoms with van der Waals surface area (Å²) in [6.45, 7) is 0. The van der Waals surface area contributed by atoms with Gasteiger partial charge in [-0.3, -0.25) is 5.32 Å². The van der Waals surface area contributed by atoms with E-state index < -0.39 is 0 Å². The molecule has 1 aliphatic rings. The average Bonchev–Trinajstić information content (AvgIpc) is 2.75. The van der Waals surface area contributed by atoms with Crippen LogP contribution in [0.5, 0.6) is 0 Å². The Morgan fingerprint density at radius 3 is 2.32 bits per heavy atom. The summed E-state index contributed by atoms with van der Waals surface area (Å²) in [7, 11) is 0. The van der Waals surface area contributed by atoms with Gasteiger partial charge < -0.3 is 5.32 Å². The molecule has 4 nitrogen and oxygen atoms in total. The highest BCUT2D eigenvalue weighted by molar-refractivity contribution is 5.80. The van der Waals surface area contributed by atoms with E-state index in [0.29, 0.717) is 12.1 Å². The molecule has 1 saturated carbocycles. The predicted octanol–water partition coefficient (Wildman–Crippen LogP) is 5.04. The second kappa shape index (κ2) is 7.47. The molecule has 1 fully saturated rings. The summed E-state index contributed by atoms with van der Waals surface area (Å²) < 4.78 is 0. The number of para-hydroxylation sites is 2. The van der Waals surface area contributed by atoms with E-state index in [0.717, 1.165) is 35.5 Å². The van der Waals surface area contributed by atoms with Crippen molar-refractivity contribution in [1.29, 1.82) is 0 Å². The lowest BCUT2D eigenvalue weighted by atomic mass is 9.90. The van der Waals surface area contributed by atoms with Crippen molar-refractivity contribution in [3.63, 3.8) is 0 Å². The highest BCUT2D eigenvalue weighted by atomic mass is 15.1. The zero-order chi connectivity index (χ0) is 18.8. The number of nitrogens with zero attached hydrogens (tertiary/aromatic N) is 1. The van der Waals surface area contributed by atoms with Gasteiger partial charge in [-0.2, -0.15) is 0 Å². The molecule has 2 heterocycles. The van der Waals surface area contributed by atoms with Gasteiger partial charge in [-0.15, -0.1) is 0 Å². The van der Waals surface area contributed by atoms with Crippen molar-refractivity contribution >= 4 is 33.4 Å². The highest BCUT2D eigenvalue weighted by Crippen LogP contribution is 2.25. The van der Waals surface area contributed by atoms with Gasteiger partial charge in [-0.1, -0.05) is 42.8 Å². The first kappa shape index (κ1) is 17.0. The van der Waals surface area contributed by atoms with Crippen LogP contribution in [0.4, 0.5) is 11.6 Å². The lowest BCUT2D eigenvalue weighted by molar-refractivity contribution is -0.327. The SMILES string of the molecule is c1ccc2nc(NC3CCCCC3Nc3ccc4ccccc4[nH+]3)ccc2c1. The summed E-state index contributed by atoms with van der Waals surface area (Å²) >= 11 is 0. The number of aromatic amines is 1. The van der Waals surface area contributed by atoms with E-state index in [2.05, 4.69) is 82.3 Å². The molecule has 0 bridgehead atoms. The van der Waals surface area contributed by atoms with Crippen LogP contribution in [0.15, 0.2) is 72.8 Å².